The molecule has 0 bridgehead atoms. The third-order valence-corrected chi connectivity index (χ3v) is 3.10. The van der Waals surface area contributed by atoms with Crippen LogP contribution >= 0.6 is 36.4 Å². The Hall–Kier alpha value is -1.90. The average Bonchev–Trinajstić information content (AvgIpc) is 2.50. The van der Waals surface area contributed by atoms with Crippen molar-refractivity contribution >= 4 is 42.4 Å². The van der Waals surface area contributed by atoms with Crippen LogP contribution in [0.1, 0.15) is 12.5 Å². The van der Waals surface area contributed by atoms with Crippen molar-refractivity contribution in [2.75, 3.05) is 0 Å². The number of carboxylic acid groups (broad SMARTS) is 1. The largest absolute Gasteiger partial charge is 0.479 e. The van der Waals surface area contributed by atoms with Crippen LogP contribution in [0.2, 0.25) is 5.02 Å². The van der Waals surface area contributed by atoms with Crippen molar-refractivity contribution in [1.29, 1.82) is 0 Å². The van der Waals surface area contributed by atoms with Crippen LogP contribution in [0.4, 0.5) is 13.2 Å². The molecular weight excluding hydrogens is 422 g/mol. The summed E-state index contributed by atoms with van der Waals surface area (Å²) in [5.41, 5.74) is -0.980. The Bertz CT molecular complexity index is 742. The lowest BCUT2D eigenvalue weighted by molar-refractivity contribution is -0.144. The fourth-order valence-electron chi connectivity index (χ4n) is 1.61. The third-order valence-electron chi connectivity index (χ3n) is 2.83. The first-order valence-corrected chi connectivity index (χ1v) is 6.94. The molecule has 2 aromatic rings. The topological polar surface area (TPSA) is 68.7 Å². The summed E-state index contributed by atoms with van der Waals surface area (Å²) in [6.45, 7) is 1.37. The van der Waals surface area contributed by atoms with Crippen molar-refractivity contribution in [1.82, 2.24) is 4.98 Å². The van der Waals surface area contributed by atoms with Crippen molar-refractivity contribution in [3.05, 3.63) is 47.1 Å². The van der Waals surface area contributed by atoms with Crippen LogP contribution in [-0.2, 0) is 11.0 Å². The number of pyridine rings is 1. The molecule has 1 aromatic carbocycles. The minimum absolute atomic E-state index is 0. The number of aliphatic carboxylic acids is 1. The molecule has 0 fully saturated rings. The maximum absolute atomic E-state index is 12.5. The van der Waals surface area contributed by atoms with Gasteiger partial charge in [0.05, 0.1) is 5.56 Å². The van der Waals surface area contributed by atoms with Crippen LogP contribution in [0.15, 0.2) is 36.5 Å². The first-order chi connectivity index (χ1) is 11.2. The van der Waals surface area contributed by atoms with E-state index in [-0.39, 0.29) is 41.5 Å². The molecule has 0 aliphatic heterocycles. The number of aromatic nitrogens is 1. The van der Waals surface area contributed by atoms with Crippen molar-refractivity contribution in [2.45, 2.75) is 19.2 Å². The number of alkyl halides is 3. The number of hydrogen-bond donors (Lipinski definition) is 1. The zero-order valence-corrected chi connectivity index (χ0v) is 15.4. The Balaban J connectivity index is 0.00000312. The van der Waals surface area contributed by atoms with E-state index in [4.69, 9.17) is 26.2 Å². The van der Waals surface area contributed by atoms with Crippen LogP contribution < -0.4 is 9.47 Å². The molecule has 1 heterocycles. The molecule has 1 aromatic heterocycles. The lowest BCUT2D eigenvalue weighted by Crippen LogP contribution is -2.22. The highest BCUT2D eigenvalue weighted by molar-refractivity contribution is 6.31. The second-order valence-corrected chi connectivity index (χ2v) is 5.09. The number of halogens is 6. The quantitative estimate of drug-likeness (QED) is 0.697. The number of hydrogen-bond acceptors (Lipinski definition) is 4. The fraction of sp³-hybridized carbons (Fsp3) is 0.200. The summed E-state index contributed by atoms with van der Waals surface area (Å²) in [6.07, 6.45) is -4.95. The summed E-state index contributed by atoms with van der Waals surface area (Å²) >= 11 is 5.74. The third kappa shape index (κ3) is 6.44. The van der Waals surface area contributed by atoms with E-state index in [9.17, 15) is 18.0 Å². The van der Waals surface area contributed by atoms with E-state index in [0.717, 1.165) is 6.07 Å². The second kappa shape index (κ2) is 9.70. The molecule has 0 spiro atoms. The van der Waals surface area contributed by atoms with Crippen molar-refractivity contribution < 1.29 is 32.5 Å². The van der Waals surface area contributed by atoms with Gasteiger partial charge in [-0.2, -0.15) is 13.2 Å². The van der Waals surface area contributed by atoms with Gasteiger partial charge in [0.15, 0.2) is 6.10 Å². The van der Waals surface area contributed by atoms with Crippen LogP contribution in [0.3, 0.4) is 0 Å². The summed E-state index contributed by atoms with van der Waals surface area (Å²) in [6, 6.07) is 6.51. The number of ether oxygens (including phenoxy) is 2. The van der Waals surface area contributed by atoms with Crippen LogP contribution in [-0.4, -0.2) is 22.2 Å². The summed E-state index contributed by atoms with van der Waals surface area (Å²) in [7, 11) is 0. The molecule has 1 atom stereocenters. The molecule has 2 rings (SSSR count). The predicted molar refractivity (Wildman–Crippen MR) is 93.0 cm³/mol. The summed E-state index contributed by atoms with van der Waals surface area (Å²) in [5, 5.41) is 8.46. The van der Waals surface area contributed by atoms with Gasteiger partial charge in [0.1, 0.15) is 16.5 Å². The molecule has 1 N–H and O–H groups in total. The van der Waals surface area contributed by atoms with Crippen LogP contribution in [0.25, 0.3) is 0 Å². The Morgan fingerprint density at radius 2 is 1.73 bits per heavy atom. The van der Waals surface area contributed by atoms with Gasteiger partial charge in [-0.1, -0.05) is 11.6 Å². The van der Waals surface area contributed by atoms with Crippen LogP contribution in [0, 0.1) is 0 Å². The number of nitrogens with zero attached hydrogens (tertiary/aromatic N) is 1. The van der Waals surface area contributed by atoms with Gasteiger partial charge in [-0.25, -0.2) is 9.78 Å². The minimum atomic E-state index is -4.55. The first kappa shape index (κ1) is 24.1. The highest BCUT2D eigenvalue weighted by Gasteiger charge is 2.31. The highest BCUT2D eigenvalue weighted by Crippen LogP contribution is 2.34. The van der Waals surface area contributed by atoms with E-state index in [1.54, 1.807) is 0 Å². The molecule has 0 amide bonds. The van der Waals surface area contributed by atoms with Crippen molar-refractivity contribution in [3.63, 3.8) is 0 Å². The highest BCUT2D eigenvalue weighted by atomic mass is 35.5. The zero-order valence-electron chi connectivity index (χ0n) is 13.0. The maximum Gasteiger partial charge on any atom is 0.417 e. The summed E-state index contributed by atoms with van der Waals surface area (Å²) < 4.78 is 48.0. The van der Waals surface area contributed by atoms with E-state index in [2.05, 4.69) is 4.98 Å². The second-order valence-electron chi connectivity index (χ2n) is 4.68. The molecule has 0 aliphatic carbocycles. The van der Waals surface area contributed by atoms with E-state index < -0.39 is 23.8 Å². The SMILES string of the molecule is CC(Oc1ccc(Oc2ncc(C(F)(F)F)cc2Cl)cc1)C(=O)O.Cl.Cl. The molecule has 0 saturated heterocycles. The Labute approximate surface area is 163 Å². The molecule has 5 nitrogen and oxygen atoms in total. The Morgan fingerprint density at radius 3 is 2.19 bits per heavy atom. The number of benzene rings is 1. The van der Waals surface area contributed by atoms with E-state index in [1.807, 2.05) is 0 Å². The van der Waals surface area contributed by atoms with Gasteiger partial charge in [0, 0.05) is 6.20 Å². The summed E-state index contributed by atoms with van der Waals surface area (Å²) in [4.78, 5) is 14.2. The predicted octanol–water partition coefficient (Wildman–Crippen LogP) is 5.24. The Morgan fingerprint density at radius 1 is 1.19 bits per heavy atom. The smallest absolute Gasteiger partial charge is 0.417 e. The zero-order chi connectivity index (χ0) is 17.9. The number of rotatable bonds is 5. The summed E-state index contributed by atoms with van der Waals surface area (Å²) in [5.74, 6) is -0.753. The molecular formula is C15H13Cl3F3NO4. The molecule has 0 aliphatic rings. The van der Waals surface area contributed by atoms with Gasteiger partial charge in [0.2, 0.25) is 5.88 Å². The molecule has 1 unspecified atom stereocenters. The van der Waals surface area contributed by atoms with Gasteiger partial charge >= 0.3 is 12.1 Å². The lowest BCUT2D eigenvalue weighted by Gasteiger charge is -2.12. The fourth-order valence-corrected chi connectivity index (χ4v) is 1.81. The number of carbonyl (C=O) groups is 1. The maximum atomic E-state index is 12.5. The van der Waals surface area contributed by atoms with Gasteiger partial charge in [-0.3, -0.25) is 0 Å². The normalized spacial score (nSPS) is 11.6. The molecule has 11 heteroatoms. The Kier molecular flexibility index (Phi) is 8.99. The average molecular weight is 435 g/mol. The van der Waals surface area contributed by atoms with E-state index >= 15 is 0 Å². The van der Waals surface area contributed by atoms with Crippen LogP contribution in [0.5, 0.6) is 17.4 Å². The van der Waals surface area contributed by atoms with Crippen molar-refractivity contribution in [2.24, 2.45) is 0 Å². The number of carboxylic acids is 1. The van der Waals surface area contributed by atoms with Gasteiger partial charge in [-0.15, -0.1) is 24.8 Å². The molecule has 0 saturated carbocycles. The van der Waals surface area contributed by atoms with Crippen molar-refractivity contribution in [3.8, 4) is 17.4 Å². The van der Waals surface area contributed by atoms with Gasteiger partial charge in [-0.05, 0) is 37.3 Å². The monoisotopic (exact) mass is 433 g/mol. The molecule has 0 radical (unpaired) electrons. The van der Waals surface area contributed by atoms with Gasteiger partial charge < -0.3 is 14.6 Å². The molecule has 26 heavy (non-hydrogen) atoms. The first-order valence-electron chi connectivity index (χ1n) is 6.57. The van der Waals surface area contributed by atoms with E-state index in [0.29, 0.717) is 11.9 Å². The lowest BCUT2D eigenvalue weighted by atomic mass is 10.3. The minimum Gasteiger partial charge on any atom is -0.479 e. The molecule has 144 valence electrons. The van der Waals surface area contributed by atoms with Gasteiger partial charge in [0.25, 0.3) is 0 Å². The van der Waals surface area contributed by atoms with E-state index in [1.165, 1.54) is 31.2 Å². The standard InChI is InChI=1S/C15H11ClF3NO4.2ClH/c1-8(14(21)22)23-10-2-4-11(5-3-10)24-13-12(16)6-9(7-20-13)15(17,18)19;;/h2-8H,1H3,(H,21,22);2*1H.